The zero-order chi connectivity index (χ0) is 29.5. The quantitative estimate of drug-likeness (QED) is 0.224. The van der Waals surface area contributed by atoms with E-state index in [0.717, 1.165) is 44.5 Å². The van der Waals surface area contributed by atoms with Crippen LogP contribution in [0.2, 0.25) is 0 Å². The molecule has 7 heteroatoms. The van der Waals surface area contributed by atoms with Crippen LogP contribution in [0.25, 0.3) is 0 Å². The summed E-state index contributed by atoms with van der Waals surface area (Å²) in [5.74, 6) is -1.53. The van der Waals surface area contributed by atoms with Crippen LogP contribution in [0.1, 0.15) is 68.7 Å². The van der Waals surface area contributed by atoms with E-state index in [4.69, 9.17) is 0 Å². The van der Waals surface area contributed by atoms with Gasteiger partial charge in [-0.05, 0) is 49.9 Å². The number of benzene rings is 4. The predicted octanol–water partition coefficient (Wildman–Crippen LogP) is 7.98. The molecular formula is C35H34N4O3. The number of carbonyl (C=O) groups excluding carboxylic acids is 1. The van der Waals surface area contributed by atoms with Gasteiger partial charge in [-0.25, -0.2) is 10.0 Å². The van der Waals surface area contributed by atoms with Crippen molar-refractivity contribution in [2.45, 2.75) is 51.9 Å². The molecule has 212 valence electrons. The molecule has 7 nitrogen and oxygen atoms in total. The number of fused-ring (bicyclic) bond motifs is 2. The highest BCUT2D eigenvalue weighted by Crippen LogP contribution is 2.60. The van der Waals surface area contributed by atoms with Gasteiger partial charge in [0.2, 0.25) is 0 Å². The number of hydrogen-bond acceptors (Lipinski definition) is 5. The van der Waals surface area contributed by atoms with Crippen molar-refractivity contribution in [2.75, 3.05) is 0 Å². The molecule has 0 N–H and O–H groups in total. The Balaban J connectivity index is 1.64. The van der Waals surface area contributed by atoms with Crippen molar-refractivity contribution in [2.24, 2.45) is 22.4 Å². The largest absolute Gasteiger partial charge is 0.299 e. The Labute approximate surface area is 246 Å². The lowest BCUT2D eigenvalue weighted by Crippen LogP contribution is -2.60. The number of nitrogens with zero attached hydrogens (tertiary/aromatic N) is 4. The maximum atomic E-state index is 15.0. The first-order chi connectivity index (χ1) is 20.3. The molecule has 4 atom stereocenters. The van der Waals surface area contributed by atoms with Gasteiger partial charge in [0.1, 0.15) is 5.78 Å². The van der Waals surface area contributed by atoms with Gasteiger partial charge in [-0.15, -0.1) is 9.81 Å². The van der Waals surface area contributed by atoms with Crippen molar-refractivity contribution in [3.63, 3.8) is 0 Å². The van der Waals surface area contributed by atoms with E-state index in [1.807, 2.05) is 125 Å². The van der Waals surface area contributed by atoms with Crippen molar-refractivity contribution < 1.29 is 4.79 Å². The van der Waals surface area contributed by atoms with Gasteiger partial charge >= 0.3 is 0 Å². The molecule has 2 heterocycles. The first-order valence-corrected chi connectivity index (χ1v) is 14.4. The molecule has 2 fully saturated rings. The van der Waals surface area contributed by atoms with Gasteiger partial charge < -0.3 is 0 Å². The fourth-order valence-corrected chi connectivity index (χ4v) is 6.89. The maximum absolute atomic E-state index is 15.0. The third-order valence-electron chi connectivity index (χ3n) is 9.02. The van der Waals surface area contributed by atoms with Crippen LogP contribution in [0, 0.1) is 49.3 Å². The Kier molecular flexibility index (Phi) is 7.19. The van der Waals surface area contributed by atoms with Crippen LogP contribution in [-0.4, -0.2) is 15.8 Å². The van der Waals surface area contributed by atoms with Gasteiger partial charge in [-0.2, -0.15) is 0 Å². The summed E-state index contributed by atoms with van der Waals surface area (Å²) in [6, 6.07) is 28.6. The lowest BCUT2D eigenvalue weighted by molar-refractivity contribution is -0.166. The summed E-state index contributed by atoms with van der Waals surface area (Å²) < 4.78 is 0. The molecule has 0 amide bonds. The molecule has 6 rings (SSSR count). The Bertz CT molecular complexity index is 1370. The third-order valence-corrected chi connectivity index (χ3v) is 9.02. The van der Waals surface area contributed by atoms with Gasteiger partial charge in [0, 0.05) is 0 Å². The molecule has 2 aliphatic rings. The highest BCUT2D eigenvalue weighted by molar-refractivity contribution is 5.89. The summed E-state index contributed by atoms with van der Waals surface area (Å²) in [6.07, 6.45) is 0. The van der Waals surface area contributed by atoms with E-state index in [2.05, 4.69) is 10.6 Å². The Morgan fingerprint density at radius 2 is 0.643 bits per heavy atom. The molecule has 4 aromatic carbocycles. The summed E-state index contributed by atoms with van der Waals surface area (Å²) in [5.41, 5.74) is 7.44. The maximum Gasteiger partial charge on any atom is 0.148 e. The first kappa shape index (κ1) is 27.5. The Morgan fingerprint density at radius 3 is 0.833 bits per heavy atom. The Hall–Kier alpha value is -4.65. The van der Waals surface area contributed by atoms with Gasteiger partial charge in [-0.3, -0.25) is 4.79 Å². The zero-order valence-corrected chi connectivity index (χ0v) is 24.2. The smallest absolute Gasteiger partial charge is 0.148 e. The van der Waals surface area contributed by atoms with Crippen molar-refractivity contribution in [1.29, 1.82) is 0 Å². The van der Waals surface area contributed by atoms with E-state index < -0.39 is 36.0 Å². The molecule has 4 aromatic rings. The molecular weight excluding hydrogens is 524 g/mol. The number of Topliss-reactive ketones (excluding diaryl/α,β-unsaturated/α-hetero) is 1. The SMILES string of the molecule is Cc1ccc([C@@H]2C3C(=O)C([C@H](c4ccc(C)cc4)N2N=O)[C@H](c2ccc(C)cc2)N(N=O)[C@@H]3c2ccc(C)cc2)cc1. The molecule has 42 heavy (non-hydrogen) atoms. The average Bonchev–Trinajstić information content (AvgIpc) is 2.99. The summed E-state index contributed by atoms with van der Waals surface area (Å²) in [4.78, 5) is 41.0. The molecule has 2 aliphatic heterocycles. The summed E-state index contributed by atoms with van der Waals surface area (Å²) in [5, 5.41) is 10.5. The molecule has 0 radical (unpaired) electrons. The van der Waals surface area contributed by atoms with E-state index in [-0.39, 0.29) is 5.78 Å². The molecule has 0 aliphatic carbocycles. The fraction of sp³-hybridized carbons (Fsp3) is 0.286. The molecule has 0 spiro atoms. The number of piperidine rings is 2. The van der Waals surface area contributed by atoms with Crippen LogP contribution in [0.15, 0.2) is 108 Å². The number of hydrogen-bond donors (Lipinski definition) is 0. The Morgan fingerprint density at radius 1 is 0.429 bits per heavy atom. The minimum atomic E-state index is -0.765. The van der Waals surface area contributed by atoms with Crippen LogP contribution in [-0.2, 0) is 4.79 Å². The normalized spacial score (nSPS) is 25.3. The van der Waals surface area contributed by atoms with Crippen molar-refractivity contribution in [3.8, 4) is 0 Å². The van der Waals surface area contributed by atoms with E-state index in [0.29, 0.717) is 0 Å². The topological polar surface area (TPSA) is 82.4 Å². The minimum absolute atomic E-state index is 0.00194. The van der Waals surface area contributed by atoms with E-state index in [9.17, 15) is 14.6 Å². The van der Waals surface area contributed by atoms with Crippen LogP contribution in [0.4, 0.5) is 0 Å². The second kappa shape index (κ2) is 11.0. The number of aryl methyl sites for hydroxylation is 4. The molecule has 0 unspecified atom stereocenters. The average molecular weight is 559 g/mol. The van der Waals surface area contributed by atoms with Crippen LogP contribution >= 0.6 is 0 Å². The third kappa shape index (κ3) is 4.59. The van der Waals surface area contributed by atoms with Gasteiger partial charge in [0.05, 0.1) is 46.6 Å². The predicted molar refractivity (Wildman–Crippen MR) is 163 cm³/mol. The number of nitroso groups, excluding NO2 is 2. The summed E-state index contributed by atoms with van der Waals surface area (Å²) in [6.45, 7) is 7.99. The van der Waals surface area contributed by atoms with Crippen LogP contribution in [0.3, 0.4) is 0 Å². The van der Waals surface area contributed by atoms with Crippen molar-refractivity contribution in [3.05, 3.63) is 151 Å². The first-order valence-electron chi connectivity index (χ1n) is 14.4. The zero-order valence-electron chi connectivity index (χ0n) is 24.2. The standard InChI is InChI=1S/C35H34N4O3/c1-21-5-13-25(14-6-21)31-29-32(26-15-7-22(2)8-16-26)39(37-42)34(28-19-11-24(4)12-20-28)30(35(29)40)33(38(31)36-41)27-17-9-23(3)10-18-27/h5-20,29-34H,1-4H3/t29?,30?,31-,32-,33+,34+. The van der Waals surface area contributed by atoms with Crippen LogP contribution < -0.4 is 0 Å². The van der Waals surface area contributed by atoms with Gasteiger partial charge in [0.25, 0.3) is 0 Å². The monoisotopic (exact) mass is 558 g/mol. The van der Waals surface area contributed by atoms with Crippen LogP contribution in [0.5, 0.6) is 0 Å². The second-order valence-electron chi connectivity index (χ2n) is 11.8. The fourth-order valence-electron chi connectivity index (χ4n) is 6.89. The van der Waals surface area contributed by atoms with Gasteiger partial charge in [0.15, 0.2) is 0 Å². The summed E-state index contributed by atoms with van der Waals surface area (Å²) in [7, 11) is 0. The van der Waals surface area contributed by atoms with E-state index in [1.165, 1.54) is 0 Å². The van der Waals surface area contributed by atoms with Crippen molar-refractivity contribution >= 4 is 5.78 Å². The number of carbonyl (C=O) groups is 1. The van der Waals surface area contributed by atoms with Gasteiger partial charge in [-0.1, -0.05) is 119 Å². The van der Waals surface area contributed by atoms with E-state index in [1.54, 1.807) is 10.0 Å². The molecule has 2 bridgehead atoms. The minimum Gasteiger partial charge on any atom is -0.299 e. The highest BCUT2D eigenvalue weighted by Gasteiger charge is 2.62. The summed E-state index contributed by atoms with van der Waals surface area (Å²) >= 11 is 0. The molecule has 0 saturated carbocycles. The van der Waals surface area contributed by atoms with E-state index >= 15 is 0 Å². The molecule has 2 saturated heterocycles. The van der Waals surface area contributed by atoms with Crippen molar-refractivity contribution in [1.82, 2.24) is 10.0 Å². The molecule has 0 aromatic heterocycles. The lowest BCUT2D eigenvalue weighted by Gasteiger charge is -2.57. The lowest BCUT2D eigenvalue weighted by atomic mass is 9.63. The second-order valence-corrected chi connectivity index (χ2v) is 11.8. The number of ketones is 1. The number of rotatable bonds is 6. The highest BCUT2D eigenvalue weighted by atomic mass is 16.3.